The summed E-state index contributed by atoms with van der Waals surface area (Å²) in [5, 5.41) is 16.0. The van der Waals surface area contributed by atoms with Crippen LogP contribution in [0.1, 0.15) is 78.6 Å². The molecule has 4 aliphatic carbocycles. The normalized spacial score (nSPS) is 38.6. The van der Waals surface area contributed by atoms with E-state index in [-0.39, 0.29) is 47.9 Å². The topological polar surface area (TPSA) is 118 Å². The lowest BCUT2D eigenvalue weighted by Gasteiger charge is -2.55. The van der Waals surface area contributed by atoms with E-state index in [1.165, 1.54) is 12.0 Å². The van der Waals surface area contributed by atoms with Gasteiger partial charge in [0.2, 0.25) is 0 Å². The number of allylic oxidation sites excluding steroid dienone is 2. The summed E-state index contributed by atoms with van der Waals surface area (Å²) in [5.41, 5.74) is 2.12. The van der Waals surface area contributed by atoms with Crippen LogP contribution in [-0.2, 0) is 24.0 Å². The number of carboxylic acid groups (broad SMARTS) is 1. The first-order valence-corrected chi connectivity index (χ1v) is 14.1. The summed E-state index contributed by atoms with van der Waals surface area (Å²) in [7, 11) is 0. The van der Waals surface area contributed by atoms with Crippen LogP contribution in [0.4, 0.5) is 0 Å². The number of nitrogens with zero attached hydrogens (tertiary/aromatic N) is 1. The number of rotatable bonds is 9. The van der Waals surface area contributed by atoms with Crippen LogP contribution in [0.2, 0.25) is 0 Å². The van der Waals surface area contributed by atoms with Crippen molar-refractivity contribution >= 4 is 23.4 Å². The van der Waals surface area contributed by atoms with Crippen LogP contribution in [0.3, 0.4) is 0 Å². The van der Waals surface area contributed by atoms with Crippen LogP contribution in [0, 0.1) is 47.3 Å². The highest BCUT2D eigenvalue weighted by Crippen LogP contribution is 2.73. The molecule has 1 saturated heterocycles. The molecule has 0 radical (unpaired) electrons. The molecule has 7 atom stereocenters. The third-order valence-electron chi connectivity index (χ3n) is 10.5. The average molecular weight is 525 g/mol. The van der Waals surface area contributed by atoms with Gasteiger partial charge in [0.1, 0.15) is 5.60 Å². The highest BCUT2D eigenvalue weighted by atomic mass is 16.6. The monoisotopic (exact) mass is 524 g/mol. The fourth-order valence-corrected chi connectivity index (χ4v) is 8.30. The molecular formula is C30H40N2O6. The standard InChI is InChI=1S/C30H40N2O6/c1-5-29-12-9-25-22-7-6-19-14-20(8-11-28(19,4)24(22)10-13-30(25,29)38-29)32-37-17-26(34)31-16-21(33)15-23(18(2)3)27(35)36/h1,14,18,22-25H,6-13,15-17H2,2-4H3,(H,31,34)(H,35,36)/b32-20+/t22?,23?,24?,25?,28-,29?,30+/m0/s1. The summed E-state index contributed by atoms with van der Waals surface area (Å²) < 4.78 is 6.28. The Hall–Kier alpha value is -2.66. The van der Waals surface area contributed by atoms with E-state index < -0.39 is 17.8 Å². The van der Waals surface area contributed by atoms with E-state index in [2.05, 4.69) is 29.4 Å². The Bertz CT molecular complexity index is 1120. The van der Waals surface area contributed by atoms with Gasteiger partial charge in [-0.1, -0.05) is 37.4 Å². The van der Waals surface area contributed by atoms with Crippen molar-refractivity contribution in [1.29, 1.82) is 0 Å². The number of oxime groups is 1. The van der Waals surface area contributed by atoms with Gasteiger partial charge in [0, 0.05) is 6.42 Å². The zero-order chi connectivity index (χ0) is 27.3. The number of hydrogen-bond donors (Lipinski definition) is 2. The highest BCUT2D eigenvalue weighted by Gasteiger charge is 2.79. The van der Waals surface area contributed by atoms with Gasteiger partial charge in [-0.15, -0.1) is 6.42 Å². The predicted molar refractivity (Wildman–Crippen MR) is 141 cm³/mol. The number of hydrogen-bond acceptors (Lipinski definition) is 6. The van der Waals surface area contributed by atoms with E-state index in [0.717, 1.165) is 50.7 Å². The molecule has 5 aliphatic rings. The zero-order valence-electron chi connectivity index (χ0n) is 22.8. The van der Waals surface area contributed by atoms with Crippen LogP contribution in [0.5, 0.6) is 0 Å². The van der Waals surface area contributed by atoms with Crippen molar-refractivity contribution < 1.29 is 29.1 Å². The molecule has 5 unspecified atom stereocenters. The maximum Gasteiger partial charge on any atom is 0.307 e. The van der Waals surface area contributed by atoms with Gasteiger partial charge < -0.3 is 20.0 Å². The van der Waals surface area contributed by atoms with Crippen molar-refractivity contribution in [2.75, 3.05) is 13.2 Å². The molecule has 38 heavy (non-hydrogen) atoms. The van der Waals surface area contributed by atoms with E-state index in [4.69, 9.17) is 16.0 Å². The lowest BCUT2D eigenvalue weighted by atomic mass is 9.49. The molecule has 0 aromatic carbocycles. The molecule has 5 rings (SSSR count). The fourth-order valence-electron chi connectivity index (χ4n) is 8.30. The Morgan fingerprint density at radius 3 is 2.66 bits per heavy atom. The average Bonchev–Trinajstić information content (AvgIpc) is 3.40. The third-order valence-corrected chi connectivity index (χ3v) is 10.5. The number of amides is 1. The van der Waals surface area contributed by atoms with E-state index in [1.54, 1.807) is 13.8 Å². The van der Waals surface area contributed by atoms with Crippen molar-refractivity contribution in [3.8, 4) is 12.3 Å². The summed E-state index contributed by atoms with van der Waals surface area (Å²) in [6.45, 7) is 5.45. The van der Waals surface area contributed by atoms with Crippen LogP contribution < -0.4 is 5.32 Å². The minimum Gasteiger partial charge on any atom is -0.481 e. The second-order valence-corrected chi connectivity index (χ2v) is 12.6. The summed E-state index contributed by atoms with van der Waals surface area (Å²) in [4.78, 5) is 40.8. The Kier molecular flexibility index (Phi) is 6.96. The molecule has 4 fully saturated rings. The Balaban J connectivity index is 1.12. The molecule has 1 aliphatic heterocycles. The number of ketones is 1. The van der Waals surface area contributed by atoms with Crippen LogP contribution in [0.15, 0.2) is 16.8 Å². The van der Waals surface area contributed by atoms with Crippen molar-refractivity contribution in [3.63, 3.8) is 0 Å². The van der Waals surface area contributed by atoms with Crippen molar-refractivity contribution in [2.45, 2.75) is 89.8 Å². The van der Waals surface area contributed by atoms with Gasteiger partial charge in [0.05, 0.1) is 18.2 Å². The van der Waals surface area contributed by atoms with Crippen LogP contribution in [-0.4, -0.2) is 52.8 Å². The largest absolute Gasteiger partial charge is 0.481 e. The Morgan fingerprint density at radius 1 is 1.21 bits per heavy atom. The fraction of sp³-hybridized carbons (Fsp3) is 0.733. The predicted octanol–water partition coefficient (Wildman–Crippen LogP) is 3.89. The van der Waals surface area contributed by atoms with Gasteiger partial charge >= 0.3 is 5.97 Å². The number of epoxide rings is 1. The number of carboxylic acids is 1. The lowest BCUT2D eigenvalue weighted by molar-refractivity contribution is -0.145. The van der Waals surface area contributed by atoms with Crippen molar-refractivity contribution in [2.24, 2.45) is 40.2 Å². The van der Waals surface area contributed by atoms with Gasteiger partial charge in [-0.2, -0.15) is 0 Å². The number of aliphatic carboxylic acids is 1. The number of ether oxygens (including phenoxy) is 1. The summed E-state index contributed by atoms with van der Waals surface area (Å²) in [6.07, 6.45) is 16.4. The van der Waals surface area contributed by atoms with Gasteiger partial charge in [-0.05, 0) is 86.5 Å². The van der Waals surface area contributed by atoms with E-state index in [1.807, 2.05) is 0 Å². The number of Topliss-reactive ketones (excluding diaryl/α,β-unsaturated/α-hetero) is 1. The molecule has 8 nitrogen and oxygen atoms in total. The number of fused-ring (bicyclic) bond motifs is 4. The molecule has 206 valence electrons. The second-order valence-electron chi connectivity index (χ2n) is 12.6. The molecule has 8 heteroatoms. The van der Waals surface area contributed by atoms with Gasteiger partial charge in [0.15, 0.2) is 18.0 Å². The summed E-state index contributed by atoms with van der Waals surface area (Å²) >= 11 is 0. The zero-order valence-corrected chi connectivity index (χ0v) is 22.8. The summed E-state index contributed by atoms with van der Waals surface area (Å²) in [6, 6.07) is 0. The van der Waals surface area contributed by atoms with Gasteiger partial charge in [-0.3, -0.25) is 14.4 Å². The van der Waals surface area contributed by atoms with E-state index in [0.29, 0.717) is 17.8 Å². The SMILES string of the molecule is C#CC12CCC3C4CCC5=C/C(=N/OCC(=O)NCC(=O)CC(C(=O)O)C(C)C)CC[C@]5(C)C4CC[C@@]31O2. The van der Waals surface area contributed by atoms with Crippen molar-refractivity contribution in [1.82, 2.24) is 5.32 Å². The molecule has 1 spiro atoms. The second kappa shape index (κ2) is 9.82. The van der Waals surface area contributed by atoms with Crippen LogP contribution >= 0.6 is 0 Å². The quantitative estimate of drug-likeness (QED) is 0.268. The first-order chi connectivity index (χ1) is 18.0. The maximum atomic E-state index is 12.1. The van der Waals surface area contributed by atoms with E-state index in [9.17, 15) is 19.5 Å². The number of terminal acetylenes is 1. The number of nitrogens with one attached hydrogen (secondary N) is 1. The molecular weight excluding hydrogens is 484 g/mol. The Labute approximate surface area is 225 Å². The molecule has 0 aromatic heterocycles. The first kappa shape index (κ1) is 26.9. The maximum absolute atomic E-state index is 12.1. The number of carbonyl (C=O) groups is 3. The molecule has 1 amide bonds. The summed E-state index contributed by atoms with van der Waals surface area (Å²) in [5.74, 6) is 2.19. The molecule has 2 N–H and O–H groups in total. The number of carbonyl (C=O) groups excluding carboxylic acids is 2. The minimum atomic E-state index is -1.00. The smallest absolute Gasteiger partial charge is 0.307 e. The molecule has 1 heterocycles. The first-order valence-electron chi connectivity index (χ1n) is 14.1. The minimum absolute atomic E-state index is 0.0484. The molecule has 0 bridgehead atoms. The lowest BCUT2D eigenvalue weighted by Crippen LogP contribution is -2.50. The van der Waals surface area contributed by atoms with Crippen LogP contribution in [0.25, 0.3) is 0 Å². The van der Waals surface area contributed by atoms with Gasteiger partial charge in [-0.25, -0.2) is 0 Å². The van der Waals surface area contributed by atoms with E-state index >= 15 is 0 Å². The molecule has 0 aromatic rings. The van der Waals surface area contributed by atoms with Gasteiger partial charge in [0.25, 0.3) is 5.91 Å². The highest BCUT2D eigenvalue weighted by molar-refractivity contribution is 5.96. The third kappa shape index (κ3) is 4.37. The Morgan fingerprint density at radius 2 is 1.97 bits per heavy atom. The molecule has 3 saturated carbocycles. The van der Waals surface area contributed by atoms with Crippen molar-refractivity contribution in [3.05, 3.63) is 11.6 Å².